The highest BCUT2D eigenvalue weighted by atomic mass is 79.9. The van der Waals surface area contributed by atoms with Crippen molar-refractivity contribution in [2.24, 2.45) is 5.92 Å². The Balaban J connectivity index is 2.20. The first kappa shape index (κ1) is 17.7. The molecular formula is C14H17Br2N3O2S. The number of nitriles is 1. The van der Waals surface area contributed by atoms with Gasteiger partial charge in [-0.1, -0.05) is 29.8 Å². The van der Waals surface area contributed by atoms with E-state index in [9.17, 15) is 13.7 Å². The summed E-state index contributed by atoms with van der Waals surface area (Å²) in [4.78, 5) is 1.85. The third-order valence-electron chi connectivity index (χ3n) is 3.75. The average Bonchev–Trinajstić information content (AvgIpc) is 2.83. The molecule has 2 rings (SSSR count). The van der Waals surface area contributed by atoms with Crippen LogP contribution in [0.2, 0.25) is 0 Å². The molecule has 0 bridgehead atoms. The van der Waals surface area contributed by atoms with Crippen LogP contribution in [0.15, 0.2) is 32.0 Å². The summed E-state index contributed by atoms with van der Waals surface area (Å²) in [6.45, 7) is 4.48. The summed E-state index contributed by atoms with van der Waals surface area (Å²) < 4.78 is 29.1. The van der Waals surface area contributed by atoms with Gasteiger partial charge < -0.3 is 4.90 Å². The molecule has 1 aromatic carbocycles. The van der Waals surface area contributed by atoms with Gasteiger partial charge in [0, 0.05) is 27.6 Å². The fourth-order valence-corrected chi connectivity index (χ4v) is 5.41. The van der Waals surface area contributed by atoms with Crippen LogP contribution in [0.3, 0.4) is 0 Å². The predicted octanol–water partition coefficient (Wildman–Crippen LogP) is 3.07. The van der Waals surface area contributed by atoms with E-state index in [-0.39, 0.29) is 17.0 Å². The Labute approximate surface area is 148 Å². The maximum absolute atomic E-state index is 12.6. The molecular weight excluding hydrogens is 434 g/mol. The summed E-state index contributed by atoms with van der Waals surface area (Å²) in [6, 6.07) is 4.83. The number of halogens is 2. The average molecular weight is 451 g/mol. The summed E-state index contributed by atoms with van der Waals surface area (Å²) in [5, 5.41) is 9.18. The lowest BCUT2D eigenvalue weighted by molar-refractivity contribution is 0.291. The topological polar surface area (TPSA) is 73.2 Å². The Morgan fingerprint density at radius 2 is 2.09 bits per heavy atom. The third kappa shape index (κ3) is 3.82. The summed E-state index contributed by atoms with van der Waals surface area (Å²) >= 11 is 6.56. The van der Waals surface area contributed by atoms with E-state index in [1.165, 1.54) is 0 Å². The number of nitrogens with one attached hydrogen (secondary N) is 1. The molecule has 0 amide bonds. The van der Waals surface area contributed by atoms with Gasteiger partial charge in [-0.25, -0.2) is 13.1 Å². The Bertz CT molecular complexity index is 701. The van der Waals surface area contributed by atoms with Gasteiger partial charge in [-0.15, -0.1) is 0 Å². The van der Waals surface area contributed by atoms with Crippen LogP contribution in [0.5, 0.6) is 0 Å². The molecule has 1 fully saturated rings. The van der Waals surface area contributed by atoms with E-state index in [1.54, 1.807) is 23.1 Å². The van der Waals surface area contributed by atoms with Crippen LogP contribution < -0.4 is 4.72 Å². The molecule has 0 spiro atoms. The summed E-state index contributed by atoms with van der Waals surface area (Å²) in [7, 11) is -3.64. The lowest BCUT2D eigenvalue weighted by Crippen LogP contribution is -2.36. The van der Waals surface area contributed by atoms with Crippen LogP contribution in [0, 0.1) is 17.4 Å². The summed E-state index contributed by atoms with van der Waals surface area (Å²) in [5.41, 5.74) is 0. The molecule has 8 heteroatoms. The zero-order chi connectivity index (χ0) is 16.5. The monoisotopic (exact) mass is 449 g/mol. The number of likely N-dealkylation sites (tertiary alicyclic amines) is 1. The van der Waals surface area contributed by atoms with Gasteiger partial charge in [-0.05, 0) is 46.5 Å². The molecule has 0 aromatic heterocycles. The first-order valence-corrected chi connectivity index (χ1v) is 9.95. The highest BCUT2D eigenvalue weighted by Gasteiger charge is 2.36. The molecule has 0 unspecified atom stereocenters. The van der Waals surface area contributed by atoms with Gasteiger partial charge in [0.2, 0.25) is 10.0 Å². The molecule has 2 atom stereocenters. The fraction of sp³-hybridized carbons (Fsp3) is 0.500. The van der Waals surface area contributed by atoms with Crippen molar-refractivity contribution in [2.75, 3.05) is 6.54 Å². The normalized spacial score (nSPS) is 22.1. The smallest absolute Gasteiger partial charge is 0.242 e. The molecule has 0 aliphatic carbocycles. The van der Waals surface area contributed by atoms with Crippen molar-refractivity contribution in [3.05, 3.63) is 27.1 Å². The second-order valence-electron chi connectivity index (χ2n) is 5.69. The second-order valence-corrected chi connectivity index (χ2v) is 9.14. The quantitative estimate of drug-likeness (QED) is 0.715. The van der Waals surface area contributed by atoms with Gasteiger partial charge in [-0.3, -0.25) is 0 Å². The first-order chi connectivity index (χ1) is 10.2. The maximum atomic E-state index is 12.6. The highest BCUT2D eigenvalue weighted by Crippen LogP contribution is 2.28. The molecule has 1 aliphatic heterocycles. The van der Waals surface area contributed by atoms with Crippen molar-refractivity contribution in [3.63, 3.8) is 0 Å². The minimum absolute atomic E-state index is 0.0728. The van der Waals surface area contributed by atoms with Gasteiger partial charge in [0.25, 0.3) is 0 Å². The summed E-state index contributed by atoms with van der Waals surface area (Å²) in [6.07, 6.45) is 2.79. The zero-order valence-electron chi connectivity index (χ0n) is 12.3. The standard InChI is InChI=1S/C14H17Br2N3O2S/c1-9(2)13-6-11(7-19(13)8-17)18-22(20,21)14-5-10(15)3-4-12(14)16/h3-5,9,11,13,18H,6-7H2,1-2H3/t11-,13-/m1/s1. The molecule has 1 aliphatic rings. The van der Waals surface area contributed by atoms with E-state index in [0.717, 1.165) is 0 Å². The number of hydrogen-bond donors (Lipinski definition) is 1. The minimum Gasteiger partial charge on any atom is -0.306 e. The van der Waals surface area contributed by atoms with Gasteiger partial charge in [0.05, 0.1) is 4.90 Å². The SMILES string of the molecule is CC(C)[C@H]1C[C@@H](NS(=O)(=O)c2cc(Br)ccc2Br)CN1C#N. The molecule has 1 N–H and O–H groups in total. The Hall–Kier alpha value is -0.620. The zero-order valence-corrected chi connectivity index (χ0v) is 16.2. The Morgan fingerprint density at radius 3 is 2.64 bits per heavy atom. The summed E-state index contributed by atoms with van der Waals surface area (Å²) in [5.74, 6) is 0.298. The van der Waals surface area contributed by atoms with Crippen molar-refractivity contribution in [1.29, 1.82) is 5.26 Å². The second kappa shape index (κ2) is 6.87. The maximum Gasteiger partial charge on any atom is 0.242 e. The molecule has 0 radical (unpaired) electrons. The number of nitrogens with zero attached hydrogens (tertiary/aromatic N) is 2. The largest absolute Gasteiger partial charge is 0.306 e. The van der Waals surface area contributed by atoms with Crippen LogP contribution in [-0.2, 0) is 10.0 Å². The highest BCUT2D eigenvalue weighted by molar-refractivity contribution is 9.11. The van der Waals surface area contributed by atoms with E-state index < -0.39 is 10.0 Å². The van der Waals surface area contributed by atoms with Gasteiger partial charge in [-0.2, -0.15) is 5.26 Å². The number of sulfonamides is 1. The van der Waals surface area contributed by atoms with Crippen molar-refractivity contribution >= 4 is 41.9 Å². The van der Waals surface area contributed by atoms with E-state index >= 15 is 0 Å². The van der Waals surface area contributed by atoms with E-state index in [1.807, 2.05) is 13.8 Å². The van der Waals surface area contributed by atoms with Crippen molar-refractivity contribution < 1.29 is 8.42 Å². The minimum atomic E-state index is -3.64. The van der Waals surface area contributed by atoms with E-state index in [4.69, 9.17) is 0 Å². The molecule has 1 saturated heterocycles. The van der Waals surface area contributed by atoms with Gasteiger partial charge in [0.1, 0.15) is 0 Å². The van der Waals surface area contributed by atoms with Gasteiger partial charge in [0.15, 0.2) is 6.19 Å². The van der Waals surface area contributed by atoms with Crippen molar-refractivity contribution in [2.45, 2.75) is 37.2 Å². The number of benzene rings is 1. The van der Waals surface area contributed by atoms with Crippen molar-refractivity contribution in [3.8, 4) is 6.19 Å². The van der Waals surface area contributed by atoms with Crippen LogP contribution in [0.4, 0.5) is 0 Å². The van der Waals surface area contributed by atoms with E-state index in [2.05, 4.69) is 42.8 Å². The first-order valence-electron chi connectivity index (χ1n) is 6.88. The lowest BCUT2D eigenvalue weighted by atomic mass is 10.0. The molecule has 5 nitrogen and oxygen atoms in total. The molecule has 22 heavy (non-hydrogen) atoms. The van der Waals surface area contributed by atoms with Crippen LogP contribution in [0.1, 0.15) is 20.3 Å². The van der Waals surface area contributed by atoms with Crippen LogP contribution in [0.25, 0.3) is 0 Å². The van der Waals surface area contributed by atoms with Gasteiger partial charge >= 0.3 is 0 Å². The lowest BCUT2D eigenvalue weighted by Gasteiger charge is -2.21. The molecule has 1 aromatic rings. The van der Waals surface area contributed by atoms with Crippen LogP contribution in [-0.4, -0.2) is 31.9 Å². The van der Waals surface area contributed by atoms with Crippen LogP contribution >= 0.6 is 31.9 Å². The molecule has 0 saturated carbocycles. The Morgan fingerprint density at radius 1 is 1.41 bits per heavy atom. The fourth-order valence-electron chi connectivity index (χ4n) is 2.66. The van der Waals surface area contributed by atoms with E-state index in [0.29, 0.717) is 27.8 Å². The predicted molar refractivity (Wildman–Crippen MR) is 91.5 cm³/mol. The molecule has 120 valence electrons. The number of rotatable bonds is 4. The Kier molecular flexibility index (Phi) is 5.54. The van der Waals surface area contributed by atoms with Crippen molar-refractivity contribution in [1.82, 2.24) is 9.62 Å². The number of hydrogen-bond acceptors (Lipinski definition) is 4. The third-order valence-corrected chi connectivity index (χ3v) is 6.75. The molecule has 1 heterocycles.